The van der Waals surface area contributed by atoms with Crippen molar-refractivity contribution in [2.75, 3.05) is 6.54 Å². The molecule has 2 aromatic heterocycles. The number of rotatable bonds is 5. The number of carbonyl (C=O) groups excluding carboxylic acids is 1. The minimum absolute atomic E-state index is 0.0835. The first-order valence-electron chi connectivity index (χ1n) is 8.93. The maximum Gasteiger partial charge on any atom is 0.252 e. The number of fused-ring (bicyclic) bond motifs is 1. The highest BCUT2D eigenvalue weighted by Gasteiger charge is 2.13. The number of hydrogen-bond acceptors (Lipinski definition) is 3. The Labute approximate surface area is 157 Å². The van der Waals surface area contributed by atoms with Crippen LogP contribution in [0.25, 0.3) is 22.2 Å². The van der Waals surface area contributed by atoms with Gasteiger partial charge in [-0.15, -0.1) is 0 Å². The second-order valence-corrected chi connectivity index (χ2v) is 6.30. The maximum absolute atomic E-state index is 12.9. The van der Waals surface area contributed by atoms with Crippen molar-refractivity contribution in [1.29, 1.82) is 0 Å². The van der Waals surface area contributed by atoms with Gasteiger partial charge in [-0.25, -0.2) is 4.98 Å². The van der Waals surface area contributed by atoms with E-state index in [2.05, 4.69) is 10.3 Å². The molecule has 132 valence electrons. The zero-order chi connectivity index (χ0) is 18.5. The second kappa shape index (κ2) is 7.79. The summed E-state index contributed by atoms with van der Waals surface area (Å²) in [4.78, 5) is 21.6. The van der Waals surface area contributed by atoms with E-state index in [1.54, 1.807) is 12.4 Å². The molecule has 1 amide bonds. The largest absolute Gasteiger partial charge is 0.352 e. The lowest BCUT2D eigenvalue weighted by atomic mass is 10.0. The van der Waals surface area contributed by atoms with Crippen molar-refractivity contribution in [2.24, 2.45) is 0 Å². The highest BCUT2D eigenvalue weighted by atomic mass is 16.1. The van der Waals surface area contributed by atoms with Crippen LogP contribution in [0.1, 0.15) is 15.9 Å². The minimum Gasteiger partial charge on any atom is -0.352 e. The molecule has 4 aromatic rings. The Morgan fingerprint density at radius 1 is 0.889 bits per heavy atom. The van der Waals surface area contributed by atoms with Gasteiger partial charge >= 0.3 is 0 Å². The van der Waals surface area contributed by atoms with Gasteiger partial charge < -0.3 is 5.32 Å². The number of amides is 1. The molecule has 0 spiro atoms. The van der Waals surface area contributed by atoms with Gasteiger partial charge in [0, 0.05) is 29.9 Å². The highest BCUT2D eigenvalue weighted by Crippen LogP contribution is 2.24. The van der Waals surface area contributed by atoms with Gasteiger partial charge in [0.2, 0.25) is 0 Å². The highest BCUT2D eigenvalue weighted by molar-refractivity contribution is 6.07. The molecule has 27 heavy (non-hydrogen) atoms. The topological polar surface area (TPSA) is 54.9 Å². The molecule has 1 N–H and O–H groups in total. The van der Waals surface area contributed by atoms with Crippen LogP contribution in [0, 0.1) is 0 Å². The molecule has 4 heteroatoms. The number of pyridine rings is 2. The molecular weight excluding hydrogens is 334 g/mol. The molecule has 0 atom stereocenters. The van der Waals surface area contributed by atoms with Crippen molar-refractivity contribution < 1.29 is 4.79 Å². The summed E-state index contributed by atoms with van der Waals surface area (Å²) in [6.07, 6.45) is 4.29. The van der Waals surface area contributed by atoms with Crippen LogP contribution in [0.15, 0.2) is 85.2 Å². The van der Waals surface area contributed by atoms with Crippen LogP contribution in [0.3, 0.4) is 0 Å². The zero-order valence-electron chi connectivity index (χ0n) is 14.8. The van der Waals surface area contributed by atoms with E-state index in [1.165, 1.54) is 0 Å². The maximum atomic E-state index is 12.9. The number of carbonyl (C=O) groups is 1. The molecule has 0 saturated carbocycles. The molecule has 0 bridgehead atoms. The van der Waals surface area contributed by atoms with Gasteiger partial charge in [-0.1, -0.05) is 48.5 Å². The van der Waals surface area contributed by atoms with E-state index in [9.17, 15) is 4.79 Å². The summed E-state index contributed by atoms with van der Waals surface area (Å²) < 4.78 is 0. The Hall–Kier alpha value is -3.53. The monoisotopic (exact) mass is 353 g/mol. The standard InChI is InChI=1S/C23H19N3O/c27-23(25-15-12-17-10-13-24-14-11-17)20-16-22(18-6-2-1-3-7-18)26-21-9-5-4-8-19(20)21/h1-11,13-14,16H,12,15H2,(H,25,27). The molecule has 2 aromatic carbocycles. The van der Waals surface area contributed by atoms with Gasteiger partial charge in [0.25, 0.3) is 5.91 Å². The molecule has 0 fully saturated rings. The van der Waals surface area contributed by atoms with Crippen molar-refractivity contribution in [1.82, 2.24) is 15.3 Å². The van der Waals surface area contributed by atoms with E-state index < -0.39 is 0 Å². The van der Waals surface area contributed by atoms with Gasteiger partial charge in [-0.05, 0) is 36.2 Å². The average Bonchev–Trinajstić information content (AvgIpc) is 2.74. The van der Waals surface area contributed by atoms with Gasteiger partial charge in [-0.3, -0.25) is 9.78 Å². The van der Waals surface area contributed by atoms with Gasteiger partial charge in [0.1, 0.15) is 0 Å². The van der Waals surface area contributed by atoms with Crippen LogP contribution in [-0.2, 0) is 6.42 Å². The fraction of sp³-hybridized carbons (Fsp3) is 0.0870. The van der Waals surface area contributed by atoms with E-state index in [0.717, 1.165) is 34.1 Å². The minimum atomic E-state index is -0.0835. The number of para-hydroxylation sites is 1. The molecule has 0 aliphatic rings. The third-order valence-corrected chi connectivity index (χ3v) is 4.48. The third kappa shape index (κ3) is 3.85. The summed E-state index contributed by atoms with van der Waals surface area (Å²) in [6.45, 7) is 0.570. The Bertz CT molecular complexity index is 1060. The Balaban J connectivity index is 1.62. The first kappa shape index (κ1) is 16.9. The van der Waals surface area contributed by atoms with Crippen molar-refractivity contribution in [2.45, 2.75) is 6.42 Å². The summed E-state index contributed by atoms with van der Waals surface area (Å²) in [7, 11) is 0. The predicted octanol–water partition coefficient (Wildman–Crippen LogP) is 4.27. The first-order chi connectivity index (χ1) is 13.3. The molecule has 0 aliphatic heterocycles. The van der Waals surface area contributed by atoms with Crippen LogP contribution in [0.2, 0.25) is 0 Å². The van der Waals surface area contributed by atoms with Crippen LogP contribution in [0.5, 0.6) is 0 Å². The normalized spacial score (nSPS) is 10.7. The fourth-order valence-corrected chi connectivity index (χ4v) is 3.09. The summed E-state index contributed by atoms with van der Waals surface area (Å²) >= 11 is 0. The molecule has 0 unspecified atom stereocenters. The number of nitrogens with one attached hydrogen (secondary N) is 1. The lowest BCUT2D eigenvalue weighted by molar-refractivity contribution is 0.0956. The van der Waals surface area contributed by atoms with E-state index >= 15 is 0 Å². The fourth-order valence-electron chi connectivity index (χ4n) is 3.09. The number of benzene rings is 2. The van der Waals surface area contributed by atoms with Crippen molar-refractivity contribution in [3.8, 4) is 11.3 Å². The lowest BCUT2D eigenvalue weighted by Gasteiger charge is -2.11. The summed E-state index contributed by atoms with van der Waals surface area (Å²) in [6, 6.07) is 23.5. The smallest absolute Gasteiger partial charge is 0.252 e. The van der Waals surface area contributed by atoms with Crippen LogP contribution in [-0.4, -0.2) is 22.4 Å². The summed E-state index contributed by atoms with van der Waals surface area (Å²) in [5.41, 5.74) is 4.41. The Morgan fingerprint density at radius 2 is 1.63 bits per heavy atom. The average molecular weight is 353 g/mol. The van der Waals surface area contributed by atoms with Crippen molar-refractivity contribution in [3.05, 3.63) is 96.3 Å². The van der Waals surface area contributed by atoms with Crippen LogP contribution in [0.4, 0.5) is 0 Å². The molecular formula is C23H19N3O. The molecule has 4 nitrogen and oxygen atoms in total. The molecule has 0 radical (unpaired) electrons. The van der Waals surface area contributed by atoms with Gasteiger partial charge in [0.05, 0.1) is 16.8 Å². The summed E-state index contributed by atoms with van der Waals surface area (Å²) in [5.74, 6) is -0.0835. The van der Waals surface area contributed by atoms with E-state index in [-0.39, 0.29) is 5.91 Å². The molecule has 0 aliphatic carbocycles. The first-order valence-corrected chi connectivity index (χ1v) is 8.93. The van der Waals surface area contributed by atoms with Crippen LogP contribution >= 0.6 is 0 Å². The molecule has 4 rings (SSSR count). The van der Waals surface area contributed by atoms with Crippen molar-refractivity contribution >= 4 is 16.8 Å². The third-order valence-electron chi connectivity index (χ3n) is 4.48. The second-order valence-electron chi connectivity index (χ2n) is 6.30. The lowest BCUT2D eigenvalue weighted by Crippen LogP contribution is -2.26. The van der Waals surface area contributed by atoms with Gasteiger partial charge in [0.15, 0.2) is 0 Å². The van der Waals surface area contributed by atoms with Crippen LogP contribution < -0.4 is 5.32 Å². The number of nitrogens with zero attached hydrogens (tertiary/aromatic N) is 2. The van der Waals surface area contributed by atoms with E-state index in [1.807, 2.05) is 72.8 Å². The molecule has 2 heterocycles. The quantitative estimate of drug-likeness (QED) is 0.583. The zero-order valence-corrected chi connectivity index (χ0v) is 14.8. The SMILES string of the molecule is O=C(NCCc1ccncc1)c1cc(-c2ccccc2)nc2ccccc12. The number of aromatic nitrogens is 2. The van der Waals surface area contributed by atoms with Gasteiger partial charge in [-0.2, -0.15) is 0 Å². The predicted molar refractivity (Wildman–Crippen MR) is 107 cm³/mol. The summed E-state index contributed by atoms with van der Waals surface area (Å²) in [5, 5.41) is 3.89. The number of hydrogen-bond donors (Lipinski definition) is 1. The Morgan fingerprint density at radius 3 is 2.44 bits per heavy atom. The van der Waals surface area contributed by atoms with Crippen molar-refractivity contribution in [3.63, 3.8) is 0 Å². The molecule has 0 saturated heterocycles. The van der Waals surface area contributed by atoms with E-state index in [4.69, 9.17) is 4.98 Å². The van der Waals surface area contributed by atoms with E-state index in [0.29, 0.717) is 12.1 Å². The Kier molecular flexibility index (Phi) is 4.88.